The van der Waals surface area contributed by atoms with Crippen molar-refractivity contribution in [1.82, 2.24) is 14.5 Å². The summed E-state index contributed by atoms with van der Waals surface area (Å²) in [6.45, 7) is 1.99. The molecule has 3 heterocycles. The summed E-state index contributed by atoms with van der Waals surface area (Å²) < 4.78 is 50.1. The first-order valence-electron chi connectivity index (χ1n) is 16.2. The number of morpholine rings is 1. The highest BCUT2D eigenvalue weighted by Gasteiger charge is 2.31. The van der Waals surface area contributed by atoms with Crippen molar-refractivity contribution in [2.45, 2.75) is 50.9 Å². The smallest absolute Gasteiger partial charge is 0.478 e. The number of aromatic carboxylic acids is 1. The molecule has 0 radical (unpaired) electrons. The van der Waals surface area contributed by atoms with E-state index in [1.807, 2.05) is 34.9 Å². The van der Waals surface area contributed by atoms with Gasteiger partial charge in [0, 0.05) is 29.4 Å². The highest BCUT2D eigenvalue weighted by molar-refractivity contribution is 6.00. The summed E-state index contributed by atoms with van der Waals surface area (Å²) in [5, 5.41) is 11.7. The first-order chi connectivity index (χ1) is 23.1. The maximum absolute atomic E-state index is 13.7. The molecule has 1 aliphatic carbocycles. The third kappa shape index (κ3) is 6.47. The normalized spacial score (nSPS) is 16.0. The summed E-state index contributed by atoms with van der Waals surface area (Å²) >= 11 is 0. The molecule has 8 nitrogen and oxygen atoms in total. The van der Waals surface area contributed by atoms with Crippen LogP contribution in [0, 0.1) is 0 Å². The van der Waals surface area contributed by atoms with Crippen molar-refractivity contribution in [1.29, 1.82) is 0 Å². The molecule has 2 aliphatic rings. The number of hydrogen-bond donors (Lipinski definition) is 1. The molecule has 248 valence electrons. The molecule has 1 amide bonds. The number of hydrogen-bond acceptors (Lipinski definition) is 5. The van der Waals surface area contributed by atoms with Gasteiger partial charge in [-0.3, -0.25) is 4.79 Å². The Morgan fingerprint density at radius 1 is 0.917 bits per heavy atom. The van der Waals surface area contributed by atoms with Crippen LogP contribution in [0.5, 0.6) is 5.75 Å². The van der Waals surface area contributed by atoms with Crippen molar-refractivity contribution in [2.24, 2.45) is 0 Å². The molecular formula is C37H34F3N3O5. The number of nitrogens with zero attached hydrogens (tertiary/aromatic N) is 3. The lowest BCUT2D eigenvalue weighted by Gasteiger charge is -2.28. The maximum atomic E-state index is 13.7. The van der Waals surface area contributed by atoms with Crippen LogP contribution in [0.4, 0.5) is 13.2 Å². The molecule has 48 heavy (non-hydrogen) atoms. The van der Waals surface area contributed by atoms with Crippen molar-refractivity contribution < 1.29 is 37.3 Å². The number of ether oxygens (including phenoxy) is 2. The number of alkyl halides is 3. The van der Waals surface area contributed by atoms with Gasteiger partial charge < -0.3 is 24.0 Å². The number of carboxylic acid groups (broad SMARTS) is 1. The second kappa shape index (κ2) is 13.0. The van der Waals surface area contributed by atoms with Crippen molar-refractivity contribution >= 4 is 33.7 Å². The van der Waals surface area contributed by atoms with Crippen LogP contribution in [0.15, 0.2) is 72.8 Å². The summed E-state index contributed by atoms with van der Waals surface area (Å²) in [5.41, 5.74) is 5.39. The zero-order valence-corrected chi connectivity index (χ0v) is 26.1. The number of fused-ring (bicyclic) bond motifs is 2. The van der Waals surface area contributed by atoms with Gasteiger partial charge in [0.15, 0.2) is 0 Å². The van der Waals surface area contributed by atoms with Gasteiger partial charge in [0.25, 0.3) is 0 Å². The standard InChI is InChI=1S/C37H34F3N3O5/c38-37(39,40)48-28-8-4-7-24(20-28)30-13-10-25-19-26(11-14-31(25)41-30)35-34(23-5-2-1-3-6-23)29-12-9-27(36(45)46)21-32(29)43(35)22-33(44)42-15-17-47-18-16-42/h4,7-14,19-21,23H,1-3,5-6,15-18,22H2,(H,45,46). The fraction of sp³-hybridized carbons (Fsp3) is 0.324. The van der Waals surface area contributed by atoms with Crippen LogP contribution in [0.3, 0.4) is 0 Å². The maximum Gasteiger partial charge on any atom is 0.573 e. The fourth-order valence-electron chi connectivity index (χ4n) is 7.12. The van der Waals surface area contributed by atoms with Crippen molar-refractivity contribution in [2.75, 3.05) is 26.3 Å². The minimum absolute atomic E-state index is 0.0488. The average Bonchev–Trinajstić information content (AvgIpc) is 3.41. The van der Waals surface area contributed by atoms with Gasteiger partial charge in [0.2, 0.25) is 5.91 Å². The van der Waals surface area contributed by atoms with E-state index in [9.17, 15) is 27.9 Å². The van der Waals surface area contributed by atoms with Gasteiger partial charge in [-0.1, -0.05) is 49.6 Å². The summed E-state index contributed by atoms with van der Waals surface area (Å²) in [7, 11) is 0. The number of carboxylic acids is 1. The third-order valence-corrected chi connectivity index (χ3v) is 9.35. The molecule has 11 heteroatoms. The molecule has 5 aromatic rings. The SMILES string of the molecule is O=C(O)c1ccc2c(C3CCCCC3)c(-c3ccc4nc(-c5cccc(OC(F)(F)F)c5)ccc4c3)n(CC(=O)N3CCOCC3)c2c1. The predicted molar refractivity (Wildman–Crippen MR) is 175 cm³/mol. The van der Waals surface area contributed by atoms with Gasteiger partial charge in [0.1, 0.15) is 12.3 Å². The molecule has 1 saturated heterocycles. The van der Waals surface area contributed by atoms with Crippen LogP contribution in [-0.4, -0.2) is 64.1 Å². The number of benzene rings is 3. The quantitative estimate of drug-likeness (QED) is 0.191. The number of amides is 1. The number of pyridine rings is 1. The lowest BCUT2D eigenvalue weighted by atomic mass is 9.81. The van der Waals surface area contributed by atoms with E-state index in [2.05, 4.69) is 4.74 Å². The first-order valence-corrected chi connectivity index (χ1v) is 16.2. The van der Waals surface area contributed by atoms with Crippen molar-refractivity contribution in [3.63, 3.8) is 0 Å². The number of carbonyl (C=O) groups excluding carboxylic acids is 1. The van der Waals surface area contributed by atoms with Crippen LogP contribution in [-0.2, 0) is 16.1 Å². The summed E-state index contributed by atoms with van der Waals surface area (Å²) in [6.07, 6.45) is 0.553. The van der Waals surface area contributed by atoms with E-state index < -0.39 is 12.3 Å². The van der Waals surface area contributed by atoms with Gasteiger partial charge in [-0.2, -0.15) is 0 Å². The van der Waals surface area contributed by atoms with Gasteiger partial charge >= 0.3 is 12.3 Å². The molecule has 1 N–H and O–H groups in total. The zero-order chi connectivity index (χ0) is 33.4. The second-order valence-corrected chi connectivity index (χ2v) is 12.4. The summed E-state index contributed by atoms with van der Waals surface area (Å²) in [6, 6.07) is 20.4. The monoisotopic (exact) mass is 657 g/mol. The molecule has 0 atom stereocenters. The minimum atomic E-state index is -4.80. The lowest BCUT2D eigenvalue weighted by Crippen LogP contribution is -2.42. The Morgan fingerprint density at radius 2 is 1.71 bits per heavy atom. The van der Waals surface area contributed by atoms with Crippen molar-refractivity contribution in [3.8, 4) is 28.3 Å². The minimum Gasteiger partial charge on any atom is -0.478 e. The van der Waals surface area contributed by atoms with E-state index in [-0.39, 0.29) is 29.7 Å². The van der Waals surface area contributed by atoms with Crippen LogP contribution >= 0.6 is 0 Å². The molecule has 0 bridgehead atoms. The average molecular weight is 658 g/mol. The molecule has 2 fully saturated rings. The van der Waals surface area contributed by atoms with E-state index in [0.717, 1.165) is 53.3 Å². The van der Waals surface area contributed by atoms with E-state index in [1.165, 1.54) is 24.6 Å². The molecule has 0 spiro atoms. The summed E-state index contributed by atoms with van der Waals surface area (Å²) in [5.74, 6) is -1.17. The topological polar surface area (TPSA) is 93.9 Å². The van der Waals surface area contributed by atoms with Crippen molar-refractivity contribution in [3.05, 3.63) is 83.9 Å². The van der Waals surface area contributed by atoms with E-state index >= 15 is 0 Å². The molecular weight excluding hydrogens is 623 g/mol. The number of aromatic nitrogens is 2. The highest BCUT2D eigenvalue weighted by atomic mass is 19.4. The van der Waals surface area contributed by atoms with E-state index in [0.29, 0.717) is 48.6 Å². The Bertz CT molecular complexity index is 2010. The first kappa shape index (κ1) is 31.7. The van der Waals surface area contributed by atoms with Crippen LogP contribution in [0.25, 0.3) is 44.3 Å². The number of carbonyl (C=O) groups is 2. The number of halogens is 3. The van der Waals surface area contributed by atoms with E-state index in [4.69, 9.17) is 9.72 Å². The third-order valence-electron chi connectivity index (χ3n) is 9.35. The number of rotatable bonds is 7. The van der Waals surface area contributed by atoms with Crippen LogP contribution < -0.4 is 4.74 Å². The molecule has 2 aromatic heterocycles. The molecule has 0 unspecified atom stereocenters. The largest absolute Gasteiger partial charge is 0.573 e. The Labute approximate surface area is 274 Å². The Hall–Kier alpha value is -4.90. The molecule has 1 aliphatic heterocycles. The van der Waals surface area contributed by atoms with Crippen LogP contribution in [0.1, 0.15) is 53.9 Å². The molecule has 7 rings (SSSR count). The van der Waals surface area contributed by atoms with Gasteiger partial charge in [-0.25, -0.2) is 9.78 Å². The Kier molecular flexibility index (Phi) is 8.55. The van der Waals surface area contributed by atoms with Gasteiger partial charge in [0.05, 0.1) is 41.2 Å². The van der Waals surface area contributed by atoms with Gasteiger partial charge in [-0.15, -0.1) is 13.2 Å². The Morgan fingerprint density at radius 3 is 2.46 bits per heavy atom. The zero-order valence-electron chi connectivity index (χ0n) is 26.1. The second-order valence-electron chi connectivity index (χ2n) is 12.4. The predicted octanol–water partition coefficient (Wildman–Crippen LogP) is 8.03. The highest BCUT2D eigenvalue weighted by Crippen LogP contribution is 2.45. The van der Waals surface area contributed by atoms with E-state index in [1.54, 1.807) is 29.2 Å². The molecule has 1 saturated carbocycles. The van der Waals surface area contributed by atoms with Gasteiger partial charge in [-0.05, 0) is 72.4 Å². The van der Waals surface area contributed by atoms with Crippen LogP contribution in [0.2, 0.25) is 0 Å². The Balaban J connectivity index is 1.36. The summed E-state index contributed by atoms with van der Waals surface area (Å²) in [4.78, 5) is 32.4. The fourth-order valence-corrected chi connectivity index (χ4v) is 7.12. The lowest BCUT2D eigenvalue weighted by molar-refractivity contribution is -0.274. The molecule has 3 aromatic carbocycles.